The first-order valence-corrected chi connectivity index (χ1v) is 14.1. The minimum Gasteiger partial charge on any atom is -0.339 e. The summed E-state index contributed by atoms with van der Waals surface area (Å²) in [5, 5.41) is 0. The molecule has 0 atom stereocenters. The van der Waals surface area contributed by atoms with Gasteiger partial charge in [0, 0.05) is 32.7 Å². The third-order valence-corrected chi connectivity index (χ3v) is 8.39. The minimum atomic E-state index is 0.0544. The predicted molar refractivity (Wildman–Crippen MR) is 155 cm³/mol. The quantitative estimate of drug-likeness (QED) is 0.433. The molecule has 1 amide bonds. The Morgan fingerprint density at radius 1 is 0.789 bits per heavy atom. The van der Waals surface area contributed by atoms with E-state index in [1.165, 1.54) is 48.2 Å². The fourth-order valence-corrected chi connectivity index (χ4v) is 6.17. The summed E-state index contributed by atoms with van der Waals surface area (Å²) in [5.74, 6) is 0.888. The molecule has 38 heavy (non-hydrogen) atoms. The topological polar surface area (TPSA) is 30.0 Å². The number of carbonyl (C=O) groups excluding carboxylic acids is 1. The van der Waals surface area contributed by atoms with Crippen LogP contribution in [-0.4, -0.2) is 85.4 Å². The van der Waals surface area contributed by atoms with E-state index in [2.05, 4.69) is 106 Å². The first kappa shape index (κ1) is 26.6. The zero-order chi connectivity index (χ0) is 26.3. The number of benzene rings is 3. The molecule has 2 saturated heterocycles. The molecule has 2 aliphatic rings. The van der Waals surface area contributed by atoms with Crippen LogP contribution in [0.25, 0.3) is 0 Å². The van der Waals surface area contributed by atoms with Crippen molar-refractivity contribution in [3.63, 3.8) is 0 Å². The van der Waals surface area contributed by atoms with Crippen LogP contribution in [0.5, 0.6) is 0 Å². The first-order chi connectivity index (χ1) is 18.6. The fourth-order valence-electron chi connectivity index (χ4n) is 6.17. The van der Waals surface area contributed by atoms with Crippen molar-refractivity contribution >= 4 is 5.91 Å². The van der Waals surface area contributed by atoms with Crippen molar-refractivity contribution in [1.82, 2.24) is 19.6 Å². The second kappa shape index (κ2) is 12.7. The molecule has 0 aliphatic carbocycles. The summed E-state index contributed by atoms with van der Waals surface area (Å²) in [5.41, 5.74) is 5.42. The predicted octanol–water partition coefficient (Wildman–Crippen LogP) is 4.86. The number of nitrogens with zero attached hydrogens (tertiary/aromatic N) is 4. The zero-order valence-corrected chi connectivity index (χ0v) is 23.0. The second-order valence-corrected chi connectivity index (χ2v) is 11.1. The third kappa shape index (κ3) is 6.52. The van der Waals surface area contributed by atoms with Gasteiger partial charge in [0.25, 0.3) is 0 Å². The van der Waals surface area contributed by atoms with Crippen LogP contribution >= 0.6 is 0 Å². The Kier molecular flexibility index (Phi) is 8.90. The number of carbonyl (C=O) groups is 1. The Hall–Kier alpha value is -2.99. The second-order valence-electron chi connectivity index (χ2n) is 11.1. The summed E-state index contributed by atoms with van der Waals surface area (Å²) in [7, 11) is 4.29. The molecule has 200 valence electrons. The molecular formula is C33H42N4O. The summed E-state index contributed by atoms with van der Waals surface area (Å²) in [6.07, 6.45) is 2.49. The van der Waals surface area contributed by atoms with E-state index in [1.807, 2.05) is 12.1 Å². The van der Waals surface area contributed by atoms with Crippen molar-refractivity contribution in [2.45, 2.75) is 31.3 Å². The number of hydrogen-bond donors (Lipinski definition) is 0. The molecule has 0 saturated carbocycles. The van der Waals surface area contributed by atoms with E-state index < -0.39 is 0 Å². The number of rotatable bonds is 8. The molecule has 0 N–H and O–H groups in total. The highest BCUT2D eigenvalue weighted by Crippen LogP contribution is 2.31. The van der Waals surface area contributed by atoms with E-state index in [9.17, 15) is 4.79 Å². The van der Waals surface area contributed by atoms with Crippen molar-refractivity contribution in [3.8, 4) is 0 Å². The van der Waals surface area contributed by atoms with Gasteiger partial charge in [0.2, 0.25) is 5.91 Å². The fraction of sp³-hybridized carbons (Fsp3) is 0.424. The maximum absolute atomic E-state index is 13.4. The summed E-state index contributed by atoms with van der Waals surface area (Å²) in [4.78, 5) is 22.6. The maximum atomic E-state index is 13.4. The highest BCUT2D eigenvalue weighted by Gasteiger charge is 2.27. The normalized spacial score (nSPS) is 17.8. The van der Waals surface area contributed by atoms with Gasteiger partial charge in [-0.3, -0.25) is 14.6 Å². The molecule has 2 aliphatic heterocycles. The van der Waals surface area contributed by atoms with E-state index in [0.29, 0.717) is 12.5 Å². The number of amides is 1. The molecular weight excluding hydrogens is 468 g/mol. The van der Waals surface area contributed by atoms with Crippen LogP contribution in [0.4, 0.5) is 0 Å². The molecule has 3 aromatic carbocycles. The summed E-state index contributed by atoms with van der Waals surface area (Å²) in [6.45, 7) is 7.21. The van der Waals surface area contributed by atoms with Gasteiger partial charge in [0.15, 0.2) is 0 Å². The van der Waals surface area contributed by atoms with Crippen LogP contribution in [0.1, 0.15) is 47.1 Å². The van der Waals surface area contributed by atoms with Crippen molar-refractivity contribution in [2.75, 3.05) is 59.9 Å². The number of piperazine rings is 1. The van der Waals surface area contributed by atoms with Gasteiger partial charge in [-0.15, -0.1) is 0 Å². The number of likely N-dealkylation sites (tertiary alicyclic amines) is 1. The van der Waals surface area contributed by atoms with Crippen molar-refractivity contribution < 1.29 is 4.79 Å². The van der Waals surface area contributed by atoms with Crippen LogP contribution in [0.3, 0.4) is 0 Å². The SMILES string of the molecule is CN1CCC(c2ccccc2CN2CCN(C(=O)CN(C)C(c3ccccc3)c3ccccc3)CC2)CC1. The van der Waals surface area contributed by atoms with Crippen LogP contribution in [0, 0.1) is 0 Å². The molecule has 0 aromatic heterocycles. The van der Waals surface area contributed by atoms with Gasteiger partial charge in [-0.25, -0.2) is 0 Å². The van der Waals surface area contributed by atoms with Crippen molar-refractivity contribution in [1.29, 1.82) is 0 Å². The summed E-state index contributed by atoms with van der Waals surface area (Å²) >= 11 is 0. The molecule has 2 heterocycles. The van der Waals surface area contributed by atoms with E-state index in [4.69, 9.17) is 0 Å². The molecule has 0 spiro atoms. The lowest BCUT2D eigenvalue weighted by atomic mass is 9.86. The third-order valence-electron chi connectivity index (χ3n) is 8.39. The van der Waals surface area contributed by atoms with Crippen LogP contribution in [0.15, 0.2) is 84.9 Å². The standard InChI is InChI=1S/C33H42N4O/c1-34-19-17-27(18-20-34)31-16-10-9-15-30(31)25-36-21-23-37(24-22-36)32(38)26-35(2)33(28-11-5-3-6-12-28)29-13-7-4-8-14-29/h3-16,27,33H,17-26H2,1-2H3. The van der Waals surface area contributed by atoms with Gasteiger partial charge in [-0.1, -0.05) is 84.9 Å². The highest BCUT2D eigenvalue weighted by atomic mass is 16.2. The van der Waals surface area contributed by atoms with Gasteiger partial charge in [0.05, 0.1) is 12.6 Å². The molecule has 3 aromatic rings. The smallest absolute Gasteiger partial charge is 0.236 e. The van der Waals surface area contributed by atoms with Crippen molar-refractivity contribution in [2.24, 2.45) is 0 Å². The lowest BCUT2D eigenvalue weighted by molar-refractivity contribution is -0.134. The van der Waals surface area contributed by atoms with Gasteiger partial charge in [-0.2, -0.15) is 0 Å². The van der Waals surface area contributed by atoms with E-state index in [0.717, 1.165) is 32.7 Å². The Labute approximate surface area is 228 Å². The van der Waals surface area contributed by atoms with E-state index >= 15 is 0 Å². The van der Waals surface area contributed by atoms with E-state index in [-0.39, 0.29) is 11.9 Å². The molecule has 5 heteroatoms. The Morgan fingerprint density at radius 3 is 1.95 bits per heavy atom. The Morgan fingerprint density at radius 2 is 1.34 bits per heavy atom. The lowest BCUT2D eigenvalue weighted by Crippen LogP contribution is -2.50. The van der Waals surface area contributed by atoms with Crippen molar-refractivity contribution in [3.05, 3.63) is 107 Å². The van der Waals surface area contributed by atoms with Gasteiger partial charge < -0.3 is 9.80 Å². The Bertz CT molecular complexity index is 1110. The van der Waals surface area contributed by atoms with Crippen LogP contribution in [0.2, 0.25) is 0 Å². The lowest BCUT2D eigenvalue weighted by Gasteiger charge is -2.37. The monoisotopic (exact) mass is 510 g/mol. The van der Waals surface area contributed by atoms with Gasteiger partial charge >= 0.3 is 0 Å². The highest BCUT2D eigenvalue weighted by molar-refractivity contribution is 5.78. The number of likely N-dealkylation sites (N-methyl/N-ethyl adjacent to an activating group) is 1. The van der Waals surface area contributed by atoms with Gasteiger partial charge in [-0.05, 0) is 68.2 Å². The minimum absolute atomic E-state index is 0.0544. The largest absolute Gasteiger partial charge is 0.339 e. The molecule has 2 fully saturated rings. The van der Waals surface area contributed by atoms with Crippen LogP contribution in [-0.2, 0) is 11.3 Å². The summed E-state index contributed by atoms with van der Waals surface area (Å²) in [6, 6.07) is 30.1. The first-order valence-electron chi connectivity index (χ1n) is 14.1. The number of hydrogen-bond acceptors (Lipinski definition) is 4. The Balaban J connectivity index is 1.18. The molecule has 0 radical (unpaired) electrons. The molecule has 0 unspecified atom stereocenters. The average Bonchev–Trinajstić information content (AvgIpc) is 2.95. The number of piperidine rings is 1. The van der Waals surface area contributed by atoms with E-state index in [1.54, 1.807) is 0 Å². The molecule has 5 nitrogen and oxygen atoms in total. The van der Waals surface area contributed by atoms with Gasteiger partial charge in [0.1, 0.15) is 0 Å². The molecule has 5 rings (SSSR count). The maximum Gasteiger partial charge on any atom is 0.236 e. The van der Waals surface area contributed by atoms with Crippen LogP contribution < -0.4 is 0 Å². The zero-order valence-electron chi connectivity index (χ0n) is 23.0. The average molecular weight is 511 g/mol. The molecule has 0 bridgehead atoms. The summed E-state index contributed by atoms with van der Waals surface area (Å²) < 4.78 is 0.